The van der Waals surface area contributed by atoms with Crippen LogP contribution >= 0.6 is 0 Å². The molecule has 2 fully saturated rings. The minimum absolute atomic E-state index is 0.111. The van der Waals surface area contributed by atoms with E-state index in [1.165, 1.54) is 0 Å². The number of carbonyl (C=O) groups is 1. The maximum atomic E-state index is 12.7. The van der Waals surface area contributed by atoms with Crippen molar-refractivity contribution < 1.29 is 4.79 Å². The Bertz CT molecular complexity index is 289. The summed E-state index contributed by atoms with van der Waals surface area (Å²) in [5.41, 5.74) is -0.111. The van der Waals surface area contributed by atoms with E-state index in [2.05, 4.69) is 35.9 Å². The molecule has 2 heterocycles. The molecule has 0 aliphatic carbocycles. The average Bonchev–Trinajstić information content (AvgIpc) is 2.88. The SMILES string of the molecule is CCC1(C(=O)N2CCN(C(C)C)CC2)CCNC1. The normalized spacial score (nSPS) is 30.1. The van der Waals surface area contributed by atoms with Crippen molar-refractivity contribution in [3.8, 4) is 0 Å². The van der Waals surface area contributed by atoms with Crippen LogP contribution in [0.1, 0.15) is 33.6 Å². The third-order valence-electron chi connectivity index (χ3n) is 4.71. The van der Waals surface area contributed by atoms with Crippen molar-refractivity contribution in [2.75, 3.05) is 39.3 Å². The van der Waals surface area contributed by atoms with Crippen LogP contribution in [0.25, 0.3) is 0 Å². The van der Waals surface area contributed by atoms with E-state index in [0.717, 1.165) is 52.1 Å². The number of hydrogen-bond donors (Lipinski definition) is 1. The molecule has 1 amide bonds. The van der Waals surface area contributed by atoms with E-state index < -0.39 is 0 Å². The van der Waals surface area contributed by atoms with E-state index in [1.54, 1.807) is 0 Å². The number of amides is 1. The standard InChI is InChI=1S/C14H27N3O/c1-4-14(5-6-15-11-14)13(18)17-9-7-16(8-10-17)12(2)3/h12,15H,4-11H2,1-3H3. The lowest BCUT2D eigenvalue weighted by atomic mass is 9.82. The molecule has 0 saturated carbocycles. The molecule has 0 aromatic heterocycles. The summed E-state index contributed by atoms with van der Waals surface area (Å²) < 4.78 is 0. The number of piperazine rings is 1. The minimum atomic E-state index is -0.111. The lowest BCUT2D eigenvalue weighted by Crippen LogP contribution is -2.54. The highest BCUT2D eigenvalue weighted by Crippen LogP contribution is 2.32. The second-order valence-electron chi connectivity index (χ2n) is 5.98. The van der Waals surface area contributed by atoms with E-state index in [4.69, 9.17) is 0 Å². The van der Waals surface area contributed by atoms with Gasteiger partial charge in [0.2, 0.25) is 5.91 Å². The largest absolute Gasteiger partial charge is 0.340 e. The fourth-order valence-electron chi connectivity index (χ4n) is 3.16. The van der Waals surface area contributed by atoms with Gasteiger partial charge < -0.3 is 10.2 Å². The number of rotatable bonds is 3. The van der Waals surface area contributed by atoms with Crippen LogP contribution in [0.15, 0.2) is 0 Å². The zero-order chi connectivity index (χ0) is 13.2. The highest BCUT2D eigenvalue weighted by atomic mass is 16.2. The van der Waals surface area contributed by atoms with Crippen molar-refractivity contribution in [1.82, 2.24) is 15.1 Å². The molecule has 18 heavy (non-hydrogen) atoms. The van der Waals surface area contributed by atoms with Crippen LogP contribution in [-0.4, -0.2) is 61.0 Å². The van der Waals surface area contributed by atoms with Crippen LogP contribution in [0, 0.1) is 5.41 Å². The number of nitrogens with zero attached hydrogens (tertiary/aromatic N) is 2. The smallest absolute Gasteiger partial charge is 0.230 e. The highest BCUT2D eigenvalue weighted by molar-refractivity contribution is 5.83. The molecule has 2 aliphatic heterocycles. The van der Waals surface area contributed by atoms with E-state index in [-0.39, 0.29) is 5.41 Å². The van der Waals surface area contributed by atoms with E-state index >= 15 is 0 Å². The molecule has 0 aromatic rings. The van der Waals surface area contributed by atoms with Gasteiger partial charge in [-0.25, -0.2) is 0 Å². The number of nitrogens with one attached hydrogen (secondary N) is 1. The summed E-state index contributed by atoms with van der Waals surface area (Å²) in [6.45, 7) is 12.3. The number of carbonyl (C=O) groups excluding carboxylic acids is 1. The highest BCUT2D eigenvalue weighted by Gasteiger charge is 2.42. The first-order valence-corrected chi connectivity index (χ1v) is 7.33. The molecule has 4 nitrogen and oxygen atoms in total. The molecule has 104 valence electrons. The molecule has 1 unspecified atom stereocenters. The third-order valence-corrected chi connectivity index (χ3v) is 4.71. The molecule has 2 aliphatic rings. The van der Waals surface area contributed by atoms with E-state index in [1.807, 2.05) is 0 Å². The van der Waals surface area contributed by atoms with Crippen LogP contribution in [0.2, 0.25) is 0 Å². The predicted molar refractivity (Wildman–Crippen MR) is 73.5 cm³/mol. The summed E-state index contributed by atoms with van der Waals surface area (Å²) in [6.07, 6.45) is 1.97. The van der Waals surface area contributed by atoms with Crippen LogP contribution < -0.4 is 5.32 Å². The Kier molecular flexibility index (Phi) is 4.28. The zero-order valence-corrected chi connectivity index (χ0v) is 12.0. The molecule has 0 spiro atoms. The van der Waals surface area contributed by atoms with Gasteiger partial charge in [0.05, 0.1) is 5.41 Å². The molecular weight excluding hydrogens is 226 g/mol. The zero-order valence-electron chi connectivity index (χ0n) is 12.0. The van der Waals surface area contributed by atoms with Gasteiger partial charge >= 0.3 is 0 Å². The topological polar surface area (TPSA) is 35.6 Å². The van der Waals surface area contributed by atoms with Crippen molar-refractivity contribution in [3.63, 3.8) is 0 Å². The fourth-order valence-corrected chi connectivity index (χ4v) is 3.16. The Hall–Kier alpha value is -0.610. The predicted octanol–water partition coefficient (Wildman–Crippen LogP) is 0.929. The summed E-state index contributed by atoms with van der Waals surface area (Å²) in [6, 6.07) is 0.593. The maximum absolute atomic E-state index is 12.7. The van der Waals surface area contributed by atoms with Gasteiger partial charge in [0, 0.05) is 38.8 Å². The van der Waals surface area contributed by atoms with E-state index in [9.17, 15) is 4.79 Å². The molecule has 1 N–H and O–H groups in total. The van der Waals surface area contributed by atoms with Gasteiger partial charge in [-0.2, -0.15) is 0 Å². The molecule has 0 radical (unpaired) electrons. The van der Waals surface area contributed by atoms with Gasteiger partial charge in [0.15, 0.2) is 0 Å². The summed E-state index contributed by atoms with van der Waals surface area (Å²) in [4.78, 5) is 17.2. The van der Waals surface area contributed by atoms with Gasteiger partial charge in [0.25, 0.3) is 0 Å². The molecule has 0 aromatic carbocycles. The average molecular weight is 253 g/mol. The van der Waals surface area contributed by atoms with Gasteiger partial charge in [-0.3, -0.25) is 9.69 Å². The fraction of sp³-hybridized carbons (Fsp3) is 0.929. The molecule has 4 heteroatoms. The van der Waals surface area contributed by atoms with Crippen molar-refractivity contribution >= 4 is 5.91 Å². The second-order valence-corrected chi connectivity index (χ2v) is 5.98. The number of hydrogen-bond acceptors (Lipinski definition) is 3. The van der Waals surface area contributed by atoms with E-state index in [0.29, 0.717) is 11.9 Å². The Morgan fingerprint density at radius 2 is 1.94 bits per heavy atom. The summed E-state index contributed by atoms with van der Waals surface area (Å²) in [7, 11) is 0. The minimum Gasteiger partial charge on any atom is -0.340 e. The maximum Gasteiger partial charge on any atom is 0.230 e. The first-order valence-electron chi connectivity index (χ1n) is 7.33. The van der Waals surface area contributed by atoms with Crippen LogP contribution in [0.3, 0.4) is 0 Å². The second kappa shape index (κ2) is 5.57. The summed E-state index contributed by atoms with van der Waals surface area (Å²) >= 11 is 0. The monoisotopic (exact) mass is 253 g/mol. The van der Waals surface area contributed by atoms with Crippen LogP contribution in [-0.2, 0) is 4.79 Å². The molecule has 2 saturated heterocycles. The first-order chi connectivity index (χ1) is 8.59. The van der Waals surface area contributed by atoms with Gasteiger partial charge in [-0.1, -0.05) is 6.92 Å². The van der Waals surface area contributed by atoms with Gasteiger partial charge in [-0.05, 0) is 33.2 Å². The quantitative estimate of drug-likeness (QED) is 0.813. The molecule has 1 atom stereocenters. The Morgan fingerprint density at radius 1 is 1.28 bits per heavy atom. The molecule has 0 bridgehead atoms. The molecule has 2 rings (SSSR count). The van der Waals surface area contributed by atoms with Crippen molar-refractivity contribution in [1.29, 1.82) is 0 Å². The first kappa shape index (κ1) is 13.8. The van der Waals surface area contributed by atoms with Crippen LogP contribution in [0.4, 0.5) is 0 Å². The van der Waals surface area contributed by atoms with Gasteiger partial charge in [-0.15, -0.1) is 0 Å². The van der Waals surface area contributed by atoms with Crippen molar-refractivity contribution in [2.45, 2.75) is 39.7 Å². The van der Waals surface area contributed by atoms with Gasteiger partial charge in [0.1, 0.15) is 0 Å². The van der Waals surface area contributed by atoms with Crippen molar-refractivity contribution in [3.05, 3.63) is 0 Å². The Morgan fingerprint density at radius 3 is 2.39 bits per heavy atom. The lowest BCUT2D eigenvalue weighted by molar-refractivity contribution is -0.143. The van der Waals surface area contributed by atoms with Crippen LogP contribution in [0.5, 0.6) is 0 Å². The Labute approximate surface area is 111 Å². The Balaban J connectivity index is 1.94. The lowest BCUT2D eigenvalue weighted by Gasteiger charge is -2.40. The summed E-state index contributed by atoms with van der Waals surface area (Å²) in [5, 5.41) is 3.35. The molecular formula is C14H27N3O. The summed E-state index contributed by atoms with van der Waals surface area (Å²) in [5.74, 6) is 0.387. The van der Waals surface area contributed by atoms with Crippen molar-refractivity contribution in [2.24, 2.45) is 5.41 Å². The third kappa shape index (κ3) is 2.54.